The van der Waals surface area contributed by atoms with Crippen molar-refractivity contribution in [1.29, 1.82) is 0 Å². The maximum Gasteiger partial charge on any atom is 0.354 e. The lowest BCUT2D eigenvalue weighted by molar-refractivity contribution is -0.140. The summed E-state index contributed by atoms with van der Waals surface area (Å²) in [5, 5.41) is 11.4. The summed E-state index contributed by atoms with van der Waals surface area (Å²) in [6.07, 6.45) is 0. The second kappa shape index (κ2) is 10.8. The van der Waals surface area contributed by atoms with E-state index in [2.05, 4.69) is 9.88 Å². The van der Waals surface area contributed by atoms with Crippen molar-refractivity contribution >= 4 is 23.4 Å². The number of methoxy groups -OCH3 is 2. The van der Waals surface area contributed by atoms with Crippen molar-refractivity contribution in [2.75, 3.05) is 40.4 Å². The third kappa shape index (κ3) is 4.81. The Morgan fingerprint density at radius 3 is 2.46 bits per heavy atom. The highest BCUT2D eigenvalue weighted by Crippen LogP contribution is 2.41. The van der Waals surface area contributed by atoms with Crippen molar-refractivity contribution in [2.24, 2.45) is 0 Å². The van der Waals surface area contributed by atoms with Crippen molar-refractivity contribution in [3.63, 3.8) is 0 Å². The minimum Gasteiger partial charge on any atom is -0.507 e. The molecular formula is C26H33N3O6. The molecule has 35 heavy (non-hydrogen) atoms. The van der Waals surface area contributed by atoms with Crippen LogP contribution in [0.15, 0.2) is 29.8 Å². The van der Waals surface area contributed by atoms with Crippen LogP contribution in [0, 0.1) is 13.8 Å². The summed E-state index contributed by atoms with van der Waals surface area (Å²) < 4.78 is 10.2. The summed E-state index contributed by atoms with van der Waals surface area (Å²) >= 11 is 0. The molecule has 9 heteroatoms. The number of aliphatic hydroxyl groups is 1. The van der Waals surface area contributed by atoms with Crippen LogP contribution in [0.3, 0.4) is 0 Å². The minimum absolute atomic E-state index is 0.0237. The topological polar surface area (TPSA) is 112 Å². The molecule has 1 aliphatic rings. The van der Waals surface area contributed by atoms with E-state index >= 15 is 0 Å². The number of esters is 1. The van der Waals surface area contributed by atoms with Gasteiger partial charge in [0.25, 0.3) is 11.7 Å². The first-order valence-corrected chi connectivity index (χ1v) is 11.6. The number of hydrogen-bond acceptors (Lipinski definition) is 7. The van der Waals surface area contributed by atoms with Gasteiger partial charge in [-0.05, 0) is 50.2 Å². The minimum atomic E-state index is -0.809. The van der Waals surface area contributed by atoms with Crippen LogP contribution < -0.4 is 4.74 Å². The summed E-state index contributed by atoms with van der Waals surface area (Å²) in [5.41, 5.74) is 2.03. The molecule has 0 spiro atoms. The molecule has 0 radical (unpaired) electrons. The third-order valence-electron chi connectivity index (χ3n) is 6.56. The fraction of sp³-hybridized carbons (Fsp3) is 0.423. The number of aryl methyl sites for hydroxylation is 1. The summed E-state index contributed by atoms with van der Waals surface area (Å²) in [6.45, 7) is 9.91. The van der Waals surface area contributed by atoms with E-state index in [1.165, 1.54) is 19.1 Å². The predicted octanol–water partition coefficient (Wildman–Crippen LogP) is 3.19. The average Bonchev–Trinajstić information content (AvgIpc) is 3.30. The van der Waals surface area contributed by atoms with E-state index in [9.17, 15) is 19.5 Å². The molecule has 1 amide bonds. The van der Waals surface area contributed by atoms with Crippen molar-refractivity contribution in [3.05, 3.63) is 57.9 Å². The van der Waals surface area contributed by atoms with Crippen LogP contribution in [0.1, 0.15) is 52.8 Å². The number of likely N-dealkylation sites (N-methyl/N-ethyl adjacent to an activating group) is 1. The summed E-state index contributed by atoms with van der Waals surface area (Å²) in [5.74, 6) is -1.80. The van der Waals surface area contributed by atoms with Crippen molar-refractivity contribution in [3.8, 4) is 5.75 Å². The quantitative estimate of drug-likeness (QED) is 0.244. The van der Waals surface area contributed by atoms with Crippen LogP contribution in [0.25, 0.3) is 5.76 Å². The lowest BCUT2D eigenvalue weighted by atomic mass is 9.94. The molecule has 0 aliphatic carbocycles. The SMILES string of the molecule is CCN(CC)CCN1C(=O)C(=O)/C(=C(\O)c2c(C)[nH]c(C(=O)OC)c2C)C1c1cccc(OC)c1. The lowest BCUT2D eigenvalue weighted by Gasteiger charge is -2.28. The Kier molecular flexibility index (Phi) is 8.01. The fourth-order valence-corrected chi connectivity index (χ4v) is 4.60. The molecule has 2 N–H and O–H groups in total. The summed E-state index contributed by atoms with van der Waals surface area (Å²) in [7, 11) is 2.80. The zero-order chi connectivity index (χ0) is 25.9. The van der Waals surface area contributed by atoms with Crippen molar-refractivity contribution in [2.45, 2.75) is 33.7 Å². The Morgan fingerprint density at radius 1 is 1.17 bits per heavy atom. The van der Waals surface area contributed by atoms with E-state index in [0.717, 1.165) is 13.1 Å². The van der Waals surface area contributed by atoms with Crippen molar-refractivity contribution < 1.29 is 29.0 Å². The second-order valence-corrected chi connectivity index (χ2v) is 8.41. The Bertz CT molecular complexity index is 1160. The maximum atomic E-state index is 13.3. The Balaban J connectivity index is 2.20. The Labute approximate surface area is 205 Å². The number of benzene rings is 1. The van der Waals surface area contributed by atoms with E-state index in [4.69, 9.17) is 9.47 Å². The van der Waals surface area contributed by atoms with Crippen LogP contribution in [0.2, 0.25) is 0 Å². The number of aromatic nitrogens is 1. The maximum absolute atomic E-state index is 13.3. The monoisotopic (exact) mass is 483 g/mol. The standard InChI is InChI=1S/C26H33N3O6/c1-7-28(8-2)12-13-29-22(17-10-9-11-18(14-17)34-5)20(24(31)25(29)32)23(30)19-15(3)21(26(33)35-6)27-16(19)4/h9-11,14,22,27,30H,7-8,12-13H2,1-6H3/b23-20-. The van der Waals surface area contributed by atoms with Crippen LogP contribution in [-0.2, 0) is 14.3 Å². The van der Waals surface area contributed by atoms with Gasteiger partial charge in [0.05, 0.1) is 25.8 Å². The fourth-order valence-electron chi connectivity index (χ4n) is 4.60. The van der Waals surface area contributed by atoms with Gasteiger partial charge in [0.1, 0.15) is 17.2 Å². The van der Waals surface area contributed by atoms with Gasteiger partial charge in [-0.3, -0.25) is 9.59 Å². The first-order chi connectivity index (χ1) is 16.7. The van der Waals surface area contributed by atoms with Gasteiger partial charge in [-0.15, -0.1) is 0 Å². The number of hydrogen-bond donors (Lipinski definition) is 2. The molecule has 3 rings (SSSR count). The number of ether oxygens (including phenoxy) is 2. The highest BCUT2D eigenvalue weighted by Gasteiger charge is 2.46. The molecule has 1 aromatic heterocycles. The number of nitrogens with one attached hydrogen (secondary N) is 1. The number of amides is 1. The van der Waals surface area contributed by atoms with E-state index < -0.39 is 23.7 Å². The van der Waals surface area contributed by atoms with Crippen LogP contribution >= 0.6 is 0 Å². The van der Waals surface area contributed by atoms with Gasteiger partial charge in [0, 0.05) is 24.3 Å². The molecule has 1 aromatic carbocycles. The molecule has 2 aromatic rings. The molecule has 2 heterocycles. The van der Waals surface area contributed by atoms with Gasteiger partial charge in [0.15, 0.2) is 0 Å². The van der Waals surface area contributed by atoms with E-state index in [1.807, 2.05) is 13.8 Å². The first-order valence-electron chi connectivity index (χ1n) is 11.6. The van der Waals surface area contributed by atoms with E-state index in [1.54, 1.807) is 38.1 Å². The highest BCUT2D eigenvalue weighted by atomic mass is 16.5. The zero-order valence-electron chi connectivity index (χ0n) is 21.1. The number of likely N-dealkylation sites (tertiary alicyclic amines) is 1. The van der Waals surface area contributed by atoms with Gasteiger partial charge in [-0.25, -0.2) is 4.79 Å². The number of H-pyrrole nitrogens is 1. The summed E-state index contributed by atoms with van der Waals surface area (Å²) in [6, 6.07) is 6.30. The zero-order valence-corrected chi connectivity index (χ0v) is 21.1. The van der Waals surface area contributed by atoms with Gasteiger partial charge in [-0.1, -0.05) is 26.0 Å². The molecule has 0 saturated carbocycles. The molecular weight excluding hydrogens is 450 g/mol. The number of aromatic amines is 1. The van der Waals surface area contributed by atoms with Gasteiger partial charge in [0.2, 0.25) is 0 Å². The number of aliphatic hydroxyl groups excluding tert-OH is 1. The average molecular weight is 484 g/mol. The van der Waals surface area contributed by atoms with Crippen LogP contribution in [-0.4, -0.2) is 77.9 Å². The number of ketones is 1. The molecule has 0 bridgehead atoms. The van der Waals surface area contributed by atoms with Gasteiger partial charge >= 0.3 is 5.97 Å². The first kappa shape index (κ1) is 26.0. The largest absolute Gasteiger partial charge is 0.507 e. The molecule has 1 atom stereocenters. The molecule has 1 fully saturated rings. The second-order valence-electron chi connectivity index (χ2n) is 8.41. The normalized spacial score (nSPS) is 17.3. The molecule has 1 unspecified atom stereocenters. The van der Waals surface area contributed by atoms with Crippen LogP contribution in [0.5, 0.6) is 5.75 Å². The molecule has 1 aliphatic heterocycles. The number of Topliss-reactive ketones (excluding diaryl/α,β-unsaturated/α-hetero) is 1. The lowest BCUT2D eigenvalue weighted by Crippen LogP contribution is -2.38. The highest BCUT2D eigenvalue weighted by molar-refractivity contribution is 6.46. The number of carbonyl (C=O) groups excluding carboxylic acids is 3. The van der Waals surface area contributed by atoms with Gasteiger partial charge < -0.3 is 29.4 Å². The predicted molar refractivity (Wildman–Crippen MR) is 131 cm³/mol. The molecule has 1 saturated heterocycles. The third-order valence-corrected chi connectivity index (χ3v) is 6.56. The van der Waals surface area contributed by atoms with E-state index in [0.29, 0.717) is 41.2 Å². The number of nitrogens with zero attached hydrogens (tertiary/aromatic N) is 2. The Hall–Kier alpha value is -3.59. The van der Waals surface area contributed by atoms with Gasteiger partial charge in [-0.2, -0.15) is 0 Å². The van der Waals surface area contributed by atoms with Crippen LogP contribution in [0.4, 0.5) is 0 Å². The van der Waals surface area contributed by atoms with E-state index in [-0.39, 0.29) is 17.0 Å². The Morgan fingerprint density at radius 2 is 1.86 bits per heavy atom. The molecule has 188 valence electrons. The molecule has 9 nitrogen and oxygen atoms in total. The number of rotatable bonds is 9. The summed E-state index contributed by atoms with van der Waals surface area (Å²) in [4.78, 5) is 45.3. The number of carbonyl (C=O) groups is 3. The smallest absolute Gasteiger partial charge is 0.354 e. The van der Waals surface area contributed by atoms with Crippen molar-refractivity contribution in [1.82, 2.24) is 14.8 Å².